The third kappa shape index (κ3) is 1.21. The van der Waals surface area contributed by atoms with Gasteiger partial charge in [-0.25, -0.2) is 5.01 Å². The standard InChI is InChI=1S/C6H13N3/c1-8(2)9-5-3-4-6(9)7/h7H,3-5H2,1-2H3. The summed E-state index contributed by atoms with van der Waals surface area (Å²) in [7, 11) is 3.94. The van der Waals surface area contributed by atoms with Gasteiger partial charge in [-0.15, -0.1) is 0 Å². The number of hydrazine groups is 1. The molecule has 1 fully saturated rings. The molecule has 0 aliphatic carbocycles. The first-order valence-corrected chi connectivity index (χ1v) is 3.24. The predicted octanol–water partition coefficient (Wildman–Crippen LogP) is 0.536. The Morgan fingerprint density at radius 1 is 1.56 bits per heavy atom. The highest BCUT2D eigenvalue weighted by Gasteiger charge is 2.17. The Labute approximate surface area is 55.7 Å². The first kappa shape index (κ1) is 6.55. The second kappa shape index (κ2) is 2.35. The fourth-order valence-electron chi connectivity index (χ4n) is 1.10. The van der Waals surface area contributed by atoms with Gasteiger partial charge < -0.3 is 0 Å². The molecule has 0 aromatic carbocycles. The van der Waals surface area contributed by atoms with E-state index in [4.69, 9.17) is 5.41 Å². The Bertz CT molecular complexity index is 119. The quantitative estimate of drug-likeness (QED) is 0.557. The molecule has 0 spiro atoms. The first-order chi connectivity index (χ1) is 4.22. The van der Waals surface area contributed by atoms with E-state index in [0.717, 1.165) is 25.2 Å². The van der Waals surface area contributed by atoms with Crippen LogP contribution in [0, 0.1) is 5.41 Å². The summed E-state index contributed by atoms with van der Waals surface area (Å²) < 4.78 is 0. The van der Waals surface area contributed by atoms with Crippen molar-refractivity contribution in [2.75, 3.05) is 20.6 Å². The maximum absolute atomic E-state index is 7.42. The molecule has 0 aromatic rings. The van der Waals surface area contributed by atoms with Crippen LogP contribution in [0.15, 0.2) is 0 Å². The first-order valence-electron chi connectivity index (χ1n) is 3.24. The maximum atomic E-state index is 7.42. The highest BCUT2D eigenvalue weighted by atomic mass is 15.6. The summed E-state index contributed by atoms with van der Waals surface area (Å²) in [6, 6.07) is 0. The van der Waals surface area contributed by atoms with Crippen LogP contribution in [0.4, 0.5) is 0 Å². The third-order valence-corrected chi connectivity index (χ3v) is 1.58. The van der Waals surface area contributed by atoms with Crippen molar-refractivity contribution in [3.63, 3.8) is 0 Å². The molecule has 0 saturated carbocycles. The van der Waals surface area contributed by atoms with Gasteiger partial charge in [-0.2, -0.15) is 0 Å². The molecule has 3 heteroatoms. The molecule has 9 heavy (non-hydrogen) atoms. The van der Waals surface area contributed by atoms with Crippen LogP contribution in [0.3, 0.4) is 0 Å². The second-order valence-corrected chi connectivity index (χ2v) is 2.52. The minimum absolute atomic E-state index is 0.750. The highest BCUT2D eigenvalue weighted by molar-refractivity contribution is 5.80. The van der Waals surface area contributed by atoms with E-state index in [9.17, 15) is 0 Å². The average molecular weight is 127 g/mol. The van der Waals surface area contributed by atoms with Gasteiger partial charge in [0.25, 0.3) is 0 Å². The monoisotopic (exact) mass is 127 g/mol. The van der Waals surface area contributed by atoms with Crippen LogP contribution < -0.4 is 0 Å². The zero-order valence-corrected chi connectivity index (χ0v) is 6.02. The van der Waals surface area contributed by atoms with E-state index in [1.54, 1.807) is 0 Å². The van der Waals surface area contributed by atoms with Gasteiger partial charge in [0.15, 0.2) is 0 Å². The molecule has 1 saturated heterocycles. The Morgan fingerprint density at radius 2 is 2.22 bits per heavy atom. The molecule has 0 radical (unpaired) electrons. The fraction of sp³-hybridized carbons (Fsp3) is 0.833. The molecule has 0 aromatic heterocycles. The minimum Gasteiger partial charge on any atom is -0.294 e. The molecule has 1 rings (SSSR count). The lowest BCUT2D eigenvalue weighted by Gasteiger charge is -2.24. The number of nitrogens with one attached hydrogen (secondary N) is 1. The van der Waals surface area contributed by atoms with Gasteiger partial charge in [-0.1, -0.05) is 0 Å². The van der Waals surface area contributed by atoms with Crippen LogP contribution in [0.1, 0.15) is 12.8 Å². The van der Waals surface area contributed by atoms with Crippen molar-refractivity contribution < 1.29 is 0 Å². The van der Waals surface area contributed by atoms with Crippen molar-refractivity contribution in [1.29, 1.82) is 5.41 Å². The van der Waals surface area contributed by atoms with Crippen LogP contribution in [0.5, 0.6) is 0 Å². The second-order valence-electron chi connectivity index (χ2n) is 2.52. The van der Waals surface area contributed by atoms with Gasteiger partial charge >= 0.3 is 0 Å². The lowest BCUT2D eigenvalue weighted by atomic mass is 10.4. The molecule has 0 bridgehead atoms. The van der Waals surface area contributed by atoms with Crippen molar-refractivity contribution in [3.05, 3.63) is 0 Å². The van der Waals surface area contributed by atoms with Gasteiger partial charge in [0.05, 0.1) is 0 Å². The van der Waals surface area contributed by atoms with Crippen molar-refractivity contribution in [2.45, 2.75) is 12.8 Å². The molecule has 0 atom stereocenters. The van der Waals surface area contributed by atoms with E-state index in [1.807, 2.05) is 24.1 Å². The molecule has 1 N–H and O–H groups in total. The number of hydrogen-bond acceptors (Lipinski definition) is 2. The largest absolute Gasteiger partial charge is 0.294 e. The lowest BCUT2D eigenvalue weighted by Crippen LogP contribution is -2.37. The predicted molar refractivity (Wildman–Crippen MR) is 37.4 cm³/mol. The zero-order chi connectivity index (χ0) is 6.85. The lowest BCUT2D eigenvalue weighted by molar-refractivity contribution is 0.123. The van der Waals surface area contributed by atoms with Crippen LogP contribution in [-0.2, 0) is 0 Å². The molecule has 1 aliphatic heterocycles. The highest BCUT2D eigenvalue weighted by Crippen LogP contribution is 2.09. The smallest absolute Gasteiger partial charge is 0.110 e. The van der Waals surface area contributed by atoms with E-state index in [-0.39, 0.29) is 0 Å². The van der Waals surface area contributed by atoms with Crippen LogP contribution in [-0.4, -0.2) is 36.5 Å². The van der Waals surface area contributed by atoms with E-state index >= 15 is 0 Å². The molecule has 3 nitrogen and oxygen atoms in total. The number of nitrogens with zero attached hydrogens (tertiary/aromatic N) is 2. The molecule has 1 aliphatic rings. The fourth-order valence-corrected chi connectivity index (χ4v) is 1.10. The van der Waals surface area contributed by atoms with Gasteiger partial charge in [-0.05, 0) is 6.42 Å². The van der Waals surface area contributed by atoms with Gasteiger partial charge in [0, 0.05) is 27.1 Å². The molecule has 0 unspecified atom stereocenters. The van der Waals surface area contributed by atoms with Crippen molar-refractivity contribution in [2.24, 2.45) is 0 Å². The SMILES string of the molecule is CN(C)N1CCCC1=N. The summed E-state index contributed by atoms with van der Waals surface area (Å²) in [5.74, 6) is 0.750. The zero-order valence-electron chi connectivity index (χ0n) is 6.02. The molecule has 1 heterocycles. The maximum Gasteiger partial charge on any atom is 0.110 e. The Balaban J connectivity index is 2.49. The van der Waals surface area contributed by atoms with Crippen molar-refractivity contribution in [3.8, 4) is 0 Å². The van der Waals surface area contributed by atoms with Crippen LogP contribution in [0.25, 0.3) is 0 Å². The van der Waals surface area contributed by atoms with Gasteiger partial charge in [-0.3, -0.25) is 10.4 Å². The summed E-state index contributed by atoms with van der Waals surface area (Å²) >= 11 is 0. The van der Waals surface area contributed by atoms with Crippen LogP contribution >= 0.6 is 0 Å². The van der Waals surface area contributed by atoms with E-state index in [2.05, 4.69) is 0 Å². The van der Waals surface area contributed by atoms with Gasteiger partial charge in [0.1, 0.15) is 5.84 Å². The summed E-state index contributed by atoms with van der Waals surface area (Å²) in [6.45, 7) is 1.02. The van der Waals surface area contributed by atoms with Crippen molar-refractivity contribution in [1.82, 2.24) is 10.0 Å². The van der Waals surface area contributed by atoms with Crippen molar-refractivity contribution >= 4 is 5.84 Å². The number of hydrogen-bond donors (Lipinski definition) is 1. The summed E-state index contributed by atoms with van der Waals surface area (Å²) in [4.78, 5) is 0. The number of rotatable bonds is 1. The summed E-state index contributed by atoms with van der Waals surface area (Å²) in [5, 5.41) is 11.4. The molecular formula is C6H13N3. The average Bonchev–Trinajstić information content (AvgIpc) is 2.13. The van der Waals surface area contributed by atoms with Gasteiger partial charge in [0.2, 0.25) is 0 Å². The third-order valence-electron chi connectivity index (χ3n) is 1.58. The summed E-state index contributed by atoms with van der Waals surface area (Å²) in [6.07, 6.45) is 2.08. The Kier molecular flexibility index (Phi) is 1.71. The Hall–Kier alpha value is -0.570. The molecule has 52 valence electrons. The number of amidine groups is 1. The molecule has 0 amide bonds. The van der Waals surface area contributed by atoms with Crippen LogP contribution in [0.2, 0.25) is 0 Å². The normalized spacial score (nSPS) is 19.9. The minimum atomic E-state index is 0.750. The van der Waals surface area contributed by atoms with E-state index in [1.165, 1.54) is 0 Å². The summed E-state index contributed by atoms with van der Waals surface area (Å²) in [5.41, 5.74) is 0. The van der Waals surface area contributed by atoms with E-state index in [0.29, 0.717) is 0 Å². The topological polar surface area (TPSA) is 30.3 Å². The molecular weight excluding hydrogens is 114 g/mol. The van der Waals surface area contributed by atoms with E-state index < -0.39 is 0 Å². The Morgan fingerprint density at radius 3 is 2.44 bits per heavy atom.